The summed E-state index contributed by atoms with van der Waals surface area (Å²) in [5.41, 5.74) is 1.05. The molecule has 0 saturated heterocycles. The highest BCUT2D eigenvalue weighted by atomic mass is 16.4. The van der Waals surface area contributed by atoms with Crippen molar-refractivity contribution in [3.05, 3.63) is 24.0 Å². The van der Waals surface area contributed by atoms with Crippen LogP contribution >= 0.6 is 0 Å². The highest BCUT2D eigenvalue weighted by molar-refractivity contribution is 5.71. The molecule has 0 aliphatic rings. The number of nitrogens with zero attached hydrogens (tertiary/aromatic N) is 2. The fraction of sp³-hybridized carbons (Fsp3) is 0.364. The van der Waals surface area contributed by atoms with E-state index in [-0.39, 0.29) is 6.04 Å². The summed E-state index contributed by atoms with van der Waals surface area (Å²) < 4.78 is 0. The Bertz CT molecular complexity index is 408. The van der Waals surface area contributed by atoms with Gasteiger partial charge in [0, 0.05) is 6.04 Å². The molecule has 16 heavy (non-hydrogen) atoms. The van der Waals surface area contributed by atoms with Crippen LogP contribution in [0.4, 0.5) is 5.69 Å². The number of carboxylic acids is 1. The van der Waals surface area contributed by atoms with Gasteiger partial charge in [-0.05, 0) is 26.0 Å². The van der Waals surface area contributed by atoms with E-state index in [1.54, 1.807) is 26.0 Å². The van der Waals surface area contributed by atoms with Gasteiger partial charge in [-0.2, -0.15) is 5.26 Å². The Hall–Kier alpha value is -2.09. The summed E-state index contributed by atoms with van der Waals surface area (Å²) in [7, 11) is 0. The Morgan fingerprint density at radius 3 is 2.69 bits per heavy atom. The van der Waals surface area contributed by atoms with Crippen LogP contribution in [0.3, 0.4) is 0 Å². The Morgan fingerprint density at radius 1 is 1.56 bits per heavy atom. The van der Waals surface area contributed by atoms with Crippen molar-refractivity contribution in [3.63, 3.8) is 0 Å². The second kappa shape index (κ2) is 5.12. The third-order valence-corrected chi connectivity index (χ3v) is 2.41. The number of pyridine rings is 1. The lowest BCUT2D eigenvalue weighted by molar-refractivity contribution is -0.141. The van der Waals surface area contributed by atoms with E-state index in [4.69, 9.17) is 10.4 Å². The minimum absolute atomic E-state index is 0.202. The molecule has 5 heteroatoms. The van der Waals surface area contributed by atoms with Gasteiger partial charge in [-0.25, -0.2) is 4.98 Å². The van der Waals surface area contributed by atoms with E-state index in [9.17, 15) is 4.79 Å². The topological polar surface area (TPSA) is 86.0 Å². The molecular formula is C11H13N3O2. The van der Waals surface area contributed by atoms with E-state index in [1.807, 2.05) is 6.07 Å². The maximum atomic E-state index is 10.7. The molecule has 0 aliphatic carbocycles. The fourth-order valence-corrected chi connectivity index (χ4v) is 1.15. The molecule has 5 nitrogen and oxygen atoms in total. The third-order valence-electron chi connectivity index (χ3n) is 2.41. The van der Waals surface area contributed by atoms with Crippen LogP contribution in [0.1, 0.15) is 19.5 Å². The second-order valence-electron chi connectivity index (χ2n) is 3.60. The maximum Gasteiger partial charge on any atom is 0.308 e. The highest BCUT2D eigenvalue weighted by Gasteiger charge is 2.18. The van der Waals surface area contributed by atoms with Crippen molar-refractivity contribution in [2.75, 3.05) is 5.32 Å². The smallest absolute Gasteiger partial charge is 0.308 e. The van der Waals surface area contributed by atoms with Crippen LogP contribution in [0.2, 0.25) is 0 Å². The Balaban J connectivity index is 2.66. The third kappa shape index (κ3) is 2.95. The van der Waals surface area contributed by atoms with E-state index in [0.717, 1.165) is 0 Å². The van der Waals surface area contributed by atoms with Crippen LogP contribution in [-0.4, -0.2) is 22.1 Å². The SMILES string of the molecule is CC(Nc1ccc(C#N)nc1)C(C)C(=O)O. The molecule has 1 aromatic heterocycles. The summed E-state index contributed by atoms with van der Waals surface area (Å²) in [6, 6.07) is 5.00. The lowest BCUT2D eigenvalue weighted by Gasteiger charge is -2.18. The number of aliphatic carboxylic acids is 1. The molecule has 2 atom stereocenters. The molecule has 0 spiro atoms. The molecule has 1 aromatic rings. The van der Waals surface area contributed by atoms with Crippen molar-refractivity contribution in [3.8, 4) is 6.07 Å². The Labute approximate surface area is 93.7 Å². The van der Waals surface area contributed by atoms with Gasteiger partial charge in [0.05, 0.1) is 17.8 Å². The molecule has 0 bridgehead atoms. The van der Waals surface area contributed by atoms with Gasteiger partial charge < -0.3 is 10.4 Å². The van der Waals surface area contributed by atoms with E-state index in [0.29, 0.717) is 11.4 Å². The van der Waals surface area contributed by atoms with Crippen LogP contribution in [0.5, 0.6) is 0 Å². The molecule has 0 aromatic carbocycles. The van der Waals surface area contributed by atoms with Crippen molar-refractivity contribution >= 4 is 11.7 Å². The van der Waals surface area contributed by atoms with Crippen LogP contribution in [0.15, 0.2) is 18.3 Å². The number of nitrogens with one attached hydrogen (secondary N) is 1. The molecule has 0 amide bonds. The summed E-state index contributed by atoms with van der Waals surface area (Å²) in [5, 5.41) is 20.4. The average molecular weight is 219 g/mol. The number of hydrogen-bond acceptors (Lipinski definition) is 4. The molecule has 0 saturated carbocycles. The van der Waals surface area contributed by atoms with Gasteiger partial charge in [0.2, 0.25) is 0 Å². The largest absolute Gasteiger partial charge is 0.481 e. The van der Waals surface area contributed by atoms with Gasteiger partial charge in [0.15, 0.2) is 0 Å². The zero-order valence-corrected chi connectivity index (χ0v) is 9.14. The molecule has 0 radical (unpaired) electrons. The highest BCUT2D eigenvalue weighted by Crippen LogP contribution is 2.12. The molecule has 84 valence electrons. The lowest BCUT2D eigenvalue weighted by Crippen LogP contribution is -2.29. The maximum absolute atomic E-state index is 10.7. The minimum atomic E-state index is -0.846. The summed E-state index contributed by atoms with van der Waals surface area (Å²) in [6.07, 6.45) is 1.52. The van der Waals surface area contributed by atoms with Crippen LogP contribution in [-0.2, 0) is 4.79 Å². The zero-order valence-electron chi connectivity index (χ0n) is 9.14. The van der Waals surface area contributed by atoms with Crippen molar-refractivity contribution in [2.24, 2.45) is 5.92 Å². The first-order chi connectivity index (χ1) is 7.54. The standard InChI is InChI=1S/C11H13N3O2/c1-7(11(15)16)8(2)14-10-4-3-9(5-12)13-6-10/h3-4,6-8,14H,1-2H3,(H,15,16). The average Bonchev–Trinajstić information content (AvgIpc) is 2.28. The van der Waals surface area contributed by atoms with E-state index >= 15 is 0 Å². The van der Waals surface area contributed by atoms with Gasteiger partial charge in [-0.1, -0.05) is 0 Å². The number of rotatable bonds is 4. The normalized spacial score (nSPS) is 13.6. The number of nitriles is 1. The van der Waals surface area contributed by atoms with Crippen molar-refractivity contribution in [1.82, 2.24) is 4.98 Å². The van der Waals surface area contributed by atoms with Crippen LogP contribution in [0, 0.1) is 17.2 Å². The van der Waals surface area contributed by atoms with Gasteiger partial charge in [0.25, 0.3) is 0 Å². The molecule has 1 heterocycles. The number of aromatic nitrogens is 1. The summed E-state index contributed by atoms with van der Waals surface area (Å²) in [4.78, 5) is 14.6. The quantitative estimate of drug-likeness (QED) is 0.800. The van der Waals surface area contributed by atoms with Crippen LogP contribution < -0.4 is 5.32 Å². The summed E-state index contributed by atoms with van der Waals surface area (Å²) in [6.45, 7) is 3.42. The fourth-order valence-electron chi connectivity index (χ4n) is 1.15. The molecule has 0 fully saturated rings. The van der Waals surface area contributed by atoms with Gasteiger partial charge in [0.1, 0.15) is 11.8 Å². The van der Waals surface area contributed by atoms with E-state index in [1.165, 1.54) is 6.20 Å². The second-order valence-corrected chi connectivity index (χ2v) is 3.60. The lowest BCUT2D eigenvalue weighted by atomic mass is 10.0. The van der Waals surface area contributed by atoms with Gasteiger partial charge in [-0.3, -0.25) is 4.79 Å². The molecular weight excluding hydrogens is 206 g/mol. The van der Waals surface area contributed by atoms with Gasteiger partial charge >= 0.3 is 5.97 Å². The monoisotopic (exact) mass is 219 g/mol. The predicted molar refractivity (Wildman–Crippen MR) is 58.8 cm³/mol. The first kappa shape index (κ1) is 12.0. The summed E-state index contributed by atoms with van der Waals surface area (Å²) in [5.74, 6) is -1.34. The molecule has 1 rings (SSSR count). The number of anilines is 1. The van der Waals surface area contributed by atoms with E-state index < -0.39 is 11.9 Å². The number of carbonyl (C=O) groups is 1. The Kier molecular flexibility index (Phi) is 3.84. The molecule has 2 unspecified atom stereocenters. The zero-order chi connectivity index (χ0) is 12.1. The first-order valence-corrected chi connectivity index (χ1v) is 4.90. The molecule has 0 aliphatic heterocycles. The summed E-state index contributed by atoms with van der Waals surface area (Å²) >= 11 is 0. The van der Waals surface area contributed by atoms with Crippen molar-refractivity contribution < 1.29 is 9.90 Å². The van der Waals surface area contributed by atoms with Crippen molar-refractivity contribution in [1.29, 1.82) is 5.26 Å². The molecule has 2 N–H and O–H groups in total. The minimum Gasteiger partial charge on any atom is -0.481 e. The Morgan fingerprint density at radius 2 is 2.25 bits per heavy atom. The van der Waals surface area contributed by atoms with Crippen LogP contribution in [0.25, 0.3) is 0 Å². The number of carboxylic acid groups (broad SMARTS) is 1. The van der Waals surface area contributed by atoms with E-state index in [2.05, 4.69) is 10.3 Å². The first-order valence-electron chi connectivity index (χ1n) is 4.90. The van der Waals surface area contributed by atoms with Gasteiger partial charge in [-0.15, -0.1) is 0 Å². The number of hydrogen-bond donors (Lipinski definition) is 2. The van der Waals surface area contributed by atoms with Crippen molar-refractivity contribution in [2.45, 2.75) is 19.9 Å². The predicted octanol–water partition coefficient (Wildman–Crippen LogP) is 1.47.